The fourth-order valence-corrected chi connectivity index (χ4v) is 2.87. The second-order valence-corrected chi connectivity index (χ2v) is 5.41. The van der Waals surface area contributed by atoms with Crippen molar-refractivity contribution in [2.75, 3.05) is 13.7 Å². The fourth-order valence-electron chi connectivity index (χ4n) is 2.87. The molecule has 1 aromatic carbocycles. The van der Waals surface area contributed by atoms with Crippen LogP contribution in [-0.4, -0.2) is 24.9 Å². The van der Waals surface area contributed by atoms with Gasteiger partial charge in [0.25, 0.3) is 0 Å². The lowest BCUT2D eigenvalue weighted by Crippen LogP contribution is -2.36. The van der Waals surface area contributed by atoms with Crippen LogP contribution < -0.4 is 5.32 Å². The van der Waals surface area contributed by atoms with Gasteiger partial charge in [0.1, 0.15) is 0 Å². The van der Waals surface area contributed by atoms with Crippen LogP contribution in [0.3, 0.4) is 0 Å². The Morgan fingerprint density at radius 3 is 2.79 bits per heavy atom. The summed E-state index contributed by atoms with van der Waals surface area (Å²) >= 11 is 0. The number of aliphatic hydroxyl groups is 1. The van der Waals surface area contributed by atoms with E-state index in [1.54, 1.807) is 7.11 Å². The first-order valence-electron chi connectivity index (χ1n) is 7.28. The molecule has 0 bridgehead atoms. The average molecular weight is 263 g/mol. The second-order valence-electron chi connectivity index (χ2n) is 5.41. The molecule has 3 nitrogen and oxygen atoms in total. The Balaban J connectivity index is 2.01. The molecular formula is C16H25NO2. The van der Waals surface area contributed by atoms with E-state index < -0.39 is 0 Å². The van der Waals surface area contributed by atoms with E-state index >= 15 is 0 Å². The molecule has 0 aromatic heterocycles. The minimum atomic E-state index is 0.0416. The van der Waals surface area contributed by atoms with Crippen LogP contribution in [0.25, 0.3) is 0 Å². The molecule has 0 spiro atoms. The first kappa shape index (κ1) is 14.5. The standard InChI is InChI=1S/C16H25NO2/c1-19-12-13-6-5-7-14(10-13)16(11-18)17-15-8-3-2-4-9-15/h5-7,10,15-18H,2-4,8-9,11-12H2,1H3. The Kier molecular flexibility index (Phi) is 5.83. The highest BCUT2D eigenvalue weighted by atomic mass is 16.5. The van der Waals surface area contributed by atoms with Gasteiger partial charge in [-0.2, -0.15) is 0 Å². The van der Waals surface area contributed by atoms with E-state index in [2.05, 4.69) is 23.5 Å². The summed E-state index contributed by atoms with van der Waals surface area (Å²) in [5.41, 5.74) is 2.31. The maximum Gasteiger partial charge on any atom is 0.0713 e. The van der Waals surface area contributed by atoms with Crippen LogP contribution in [0.2, 0.25) is 0 Å². The van der Waals surface area contributed by atoms with Gasteiger partial charge in [-0.25, -0.2) is 0 Å². The molecule has 0 aliphatic heterocycles. The predicted molar refractivity (Wildman–Crippen MR) is 77.0 cm³/mol. The molecule has 0 saturated heterocycles. The van der Waals surface area contributed by atoms with Gasteiger partial charge in [-0.1, -0.05) is 43.5 Å². The lowest BCUT2D eigenvalue weighted by atomic mass is 9.94. The minimum absolute atomic E-state index is 0.0416. The van der Waals surface area contributed by atoms with Gasteiger partial charge in [-0.05, 0) is 24.0 Å². The second kappa shape index (κ2) is 7.63. The molecule has 1 aliphatic rings. The third-order valence-corrected chi connectivity index (χ3v) is 3.89. The highest BCUT2D eigenvalue weighted by molar-refractivity contribution is 5.26. The number of hydrogen-bond donors (Lipinski definition) is 2. The van der Waals surface area contributed by atoms with E-state index in [4.69, 9.17) is 4.74 Å². The SMILES string of the molecule is COCc1cccc(C(CO)NC2CCCCC2)c1. The van der Waals surface area contributed by atoms with Crippen molar-refractivity contribution in [2.45, 2.75) is 50.8 Å². The molecule has 1 aromatic rings. The largest absolute Gasteiger partial charge is 0.394 e. The summed E-state index contributed by atoms with van der Waals surface area (Å²) in [5, 5.41) is 13.2. The molecule has 1 atom stereocenters. The Bertz CT molecular complexity index is 375. The smallest absolute Gasteiger partial charge is 0.0713 e. The first-order valence-corrected chi connectivity index (χ1v) is 7.28. The summed E-state index contributed by atoms with van der Waals surface area (Å²) in [6.07, 6.45) is 6.42. The molecule has 0 radical (unpaired) electrons. The van der Waals surface area contributed by atoms with Crippen LogP contribution in [0, 0.1) is 0 Å². The van der Waals surface area contributed by atoms with Crippen LogP contribution in [0.1, 0.15) is 49.3 Å². The summed E-state index contributed by atoms with van der Waals surface area (Å²) < 4.78 is 5.16. The van der Waals surface area contributed by atoms with Crippen LogP contribution in [0.4, 0.5) is 0 Å². The summed E-state index contributed by atoms with van der Waals surface area (Å²) in [6, 6.07) is 8.89. The zero-order chi connectivity index (χ0) is 13.5. The number of ether oxygens (including phenoxy) is 1. The monoisotopic (exact) mass is 263 g/mol. The predicted octanol–water partition coefficient (Wildman–Crippen LogP) is 2.79. The lowest BCUT2D eigenvalue weighted by molar-refractivity contribution is 0.184. The van der Waals surface area contributed by atoms with Gasteiger partial charge in [0.05, 0.1) is 19.3 Å². The zero-order valence-electron chi connectivity index (χ0n) is 11.8. The van der Waals surface area contributed by atoms with Gasteiger partial charge < -0.3 is 15.2 Å². The van der Waals surface area contributed by atoms with Gasteiger partial charge >= 0.3 is 0 Å². The van der Waals surface area contributed by atoms with Crippen LogP contribution in [-0.2, 0) is 11.3 Å². The topological polar surface area (TPSA) is 41.5 Å². The van der Waals surface area contributed by atoms with Gasteiger partial charge in [0.2, 0.25) is 0 Å². The Hall–Kier alpha value is -0.900. The van der Waals surface area contributed by atoms with Gasteiger partial charge in [-0.3, -0.25) is 0 Å². The summed E-state index contributed by atoms with van der Waals surface area (Å²) in [6.45, 7) is 0.766. The molecule has 106 valence electrons. The molecule has 2 rings (SSSR count). The van der Waals surface area contributed by atoms with E-state index in [1.807, 2.05) is 6.07 Å². The Morgan fingerprint density at radius 2 is 2.11 bits per heavy atom. The van der Waals surface area contributed by atoms with Crippen LogP contribution in [0.15, 0.2) is 24.3 Å². The van der Waals surface area contributed by atoms with Gasteiger partial charge in [0.15, 0.2) is 0 Å². The van der Waals surface area contributed by atoms with E-state index in [1.165, 1.54) is 32.1 Å². The highest BCUT2D eigenvalue weighted by Crippen LogP contribution is 2.22. The van der Waals surface area contributed by atoms with Crippen LogP contribution in [0.5, 0.6) is 0 Å². The fraction of sp³-hybridized carbons (Fsp3) is 0.625. The normalized spacial score (nSPS) is 18.4. The number of rotatable bonds is 6. The number of benzene rings is 1. The summed E-state index contributed by atoms with van der Waals surface area (Å²) in [4.78, 5) is 0. The van der Waals surface area contributed by atoms with Crippen molar-refractivity contribution in [1.82, 2.24) is 5.32 Å². The van der Waals surface area contributed by atoms with E-state index in [9.17, 15) is 5.11 Å². The maximum absolute atomic E-state index is 9.64. The molecule has 2 N–H and O–H groups in total. The van der Waals surface area contributed by atoms with E-state index in [0.29, 0.717) is 12.6 Å². The molecule has 1 aliphatic carbocycles. The third kappa shape index (κ3) is 4.30. The quantitative estimate of drug-likeness (QED) is 0.829. The molecule has 0 heterocycles. The van der Waals surface area contributed by atoms with Crippen LogP contribution >= 0.6 is 0 Å². The van der Waals surface area contributed by atoms with Gasteiger partial charge in [0, 0.05) is 13.2 Å². The number of nitrogens with one attached hydrogen (secondary N) is 1. The lowest BCUT2D eigenvalue weighted by Gasteiger charge is -2.28. The molecule has 1 saturated carbocycles. The highest BCUT2D eigenvalue weighted by Gasteiger charge is 2.18. The minimum Gasteiger partial charge on any atom is -0.394 e. The molecule has 1 unspecified atom stereocenters. The Labute approximate surface area is 116 Å². The van der Waals surface area contributed by atoms with Crippen molar-refractivity contribution in [1.29, 1.82) is 0 Å². The van der Waals surface area contributed by atoms with Crippen molar-refractivity contribution < 1.29 is 9.84 Å². The molecule has 1 fully saturated rings. The zero-order valence-corrected chi connectivity index (χ0v) is 11.8. The number of methoxy groups -OCH3 is 1. The average Bonchev–Trinajstić information content (AvgIpc) is 2.46. The first-order chi connectivity index (χ1) is 9.33. The summed E-state index contributed by atoms with van der Waals surface area (Å²) in [7, 11) is 1.70. The maximum atomic E-state index is 9.64. The Morgan fingerprint density at radius 1 is 1.32 bits per heavy atom. The third-order valence-electron chi connectivity index (χ3n) is 3.89. The van der Waals surface area contributed by atoms with Crippen molar-refractivity contribution in [2.24, 2.45) is 0 Å². The molecule has 0 amide bonds. The van der Waals surface area contributed by atoms with E-state index in [-0.39, 0.29) is 12.6 Å². The molecule has 19 heavy (non-hydrogen) atoms. The number of aliphatic hydroxyl groups excluding tert-OH is 1. The van der Waals surface area contributed by atoms with Crippen molar-refractivity contribution in [3.63, 3.8) is 0 Å². The van der Waals surface area contributed by atoms with Gasteiger partial charge in [-0.15, -0.1) is 0 Å². The van der Waals surface area contributed by atoms with Crippen molar-refractivity contribution in [3.8, 4) is 0 Å². The summed E-state index contributed by atoms with van der Waals surface area (Å²) in [5.74, 6) is 0. The van der Waals surface area contributed by atoms with Crippen molar-refractivity contribution in [3.05, 3.63) is 35.4 Å². The number of hydrogen-bond acceptors (Lipinski definition) is 3. The van der Waals surface area contributed by atoms with E-state index in [0.717, 1.165) is 11.1 Å². The molecule has 3 heteroatoms. The van der Waals surface area contributed by atoms with Crippen molar-refractivity contribution >= 4 is 0 Å². The molecular weight excluding hydrogens is 238 g/mol.